The summed E-state index contributed by atoms with van der Waals surface area (Å²) in [5.41, 5.74) is 1.93. The van der Waals surface area contributed by atoms with Gasteiger partial charge in [0.1, 0.15) is 6.54 Å². The van der Waals surface area contributed by atoms with E-state index in [4.69, 9.17) is 5.11 Å². The largest absolute Gasteiger partial charge is 0.396 e. The van der Waals surface area contributed by atoms with Gasteiger partial charge in [-0.2, -0.15) is 0 Å². The normalized spacial score (nSPS) is 16.3. The maximum atomic E-state index is 12.2. The van der Waals surface area contributed by atoms with Crippen LogP contribution in [-0.2, 0) is 9.59 Å². The zero-order valence-electron chi connectivity index (χ0n) is 12.7. The second-order valence-electron chi connectivity index (χ2n) is 5.11. The van der Waals surface area contributed by atoms with Crippen LogP contribution in [0.5, 0.6) is 0 Å². The molecule has 1 fully saturated rings. The SMILES string of the molecule is Cc1ccc(/C=C2\SC(=O)N(CC(=O)NCCCO)C2=O)cc1. The Morgan fingerprint density at radius 1 is 1.30 bits per heavy atom. The number of benzene rings is 1. The molecule has 6 nitrogen and oxygen atoms in total. The zero-order valence-corrected chi connectivity index (χ0v) is 13.6. The van der Waals surface area contributed by atoms with Gasteiger partial charge in [-0.05, 0) is 36.7 Å². The quantitative estimate of drug-likeness (QED) is 0.608. The van der Waals surface area contributed by atoms with Gasteiger partial charge in [0.15, 0.2) is 0 Å². The fourth-order valence-corrected chi connectivity index (χ4v) is 2.80. The number of carbonyl (C=O) groups is 3. The molecule has 0 aliphatic carbocycles. The van der Waals surface area contributed by atoms with E-state index in [9.17, 15) is 14.4 Å². The maximum absolute atomic E-state index is 12.2. The molecule has 0 atom stereocenters. The highest BCUT2D eigenvalue weighted by Gasteiger charge is 2.36. The molecule has 2 rings (SSSR count). The van der Waals surface area contributed by atoms with Gasteiger partial charge in [-0.1, -0.05) is 29.8 Å². The number of aryl methyl sites for hydroxylation is 1. The fourth-order valence-electron chi connectivity index (χ4n) is 1.96. The molecule has 7 heteroatoms. The predicted molar refractivity (Wildman–Crippen MR) is 88.6 cm³/mol. The maximum Gasteiger partial charge on any atom is 0.294 e. The number of hydrogen-bond acceptors (Lipinski definition) is 5. The van der Waals surface area contributed by atoms with Crippen LogP contribution < -0.4 is 5.32 Å². The second kappa shape index (κ2) is 7.94. The summed E-state index contributed by atoms with van der Waals surface area (Å²) >= 11 is 0.830. The molecule has 1 aromatic carbocycles. The van der Waals surface area contributed by atoms with Crippen LogP contribution in [0.25, 0.3) is 6.08 Å². The van der Waals surface area contributed by atoms with E-state index in [1.807, 2.05) is 31.2 Å². The minimum absolute atomic E-state index is 0.0266. The lowest BCUT2D eigenvalue weighted by atomic mass is 10.1. The number of amides is 3. The van der Waals surface area contributed by atoms with Crippen molar-refractivity contribution in [2.24, 2.45) is 0 Å². The molecule has 1 heterocycles. The van der Waals surface area contributed by atoms with Gasteiger partial charge >= 0.3 is 0 Å². The zero-order chi connectivity index (χ0) is 16.8. The van der Waals surface area contributed by atoms with E-state index in [1.165, 1.54) is 0 Å². The molecule has 0 unspecified atom stereocenters. The van der Waals surface area contributed by atoms with Gasteiger partial charge in [0.2, 0.25) is 5.91 Å². The average molecular weight is 334 g/mol. The van der Waals surface area contributed by atoms with Crippen LogP contribution in [-0.4, -0.2) is 46.8 Å². The van der Waals surface area contributed by atoms with Crippen molar-refractivity contribution >= 4 is 34.9 Å². The van der Waals surface area contributed by atoms with E-state index in [0.29, 0.717) is 17.9 Å². The van der Waals surface area contributed by atoms with Gasteiger partial charge in [-0.3, -0.25) is 19.3 Å². The van der Waals surface area contributed by atoms with Crippen LogP contribution in [0.4, 0.5) is 4.79 Å². The third-order valence-electron chi connectivity index (χ3n) is 3.21. The van der Waals surface area contributed by atoms with Gasteiger partial charge in [-0.15, -0.1) is 0 Å². The molecule has 0 radical (unpaired) electrons. The van der Waals surface area contributed by atoms with Crippen molar-refractivity contribution in [2.45, 2.75) is 13.3 Å². The van der Waals surface area contributed by atoms with E-state index in [1.54, 1.807) is 6.08 Å². The number of nitrogens with one attached hydrogen (secondary N) is 1. The highest BCUT2D eigenvalue weighted by Crippen LogP contribution is 2.31. The Morgan fingerprint density at radius 2 is 2.00 bits per heavy atom. The molecule has 122 valence electrons. The Bertz CT molecular complexity index is 640. The molecule has 2 N–H and O–H groups in total. The van der Waals surface area contributed by atoms with Gasteiger partial charge in [0, 0.05) is 13.2 Å². The van der Waals surface area contributed by atoms with E-state index in [2.05, 4.69) is 5.32 Å². The van der Waals surface area contributed by atoms with Crippen LogP contribution in [0.2, 0.25) is 0 Å². The molecule has 1 saturated heterocycles. The van der Waals surface area contributed by atoms with Crippen molar-refractivity contribution in [1.29, 1.82) is 0 Å². The molecular formula is C16H18N2O4S. The Hall–Kier alpha value is -2.12. The molecular weight excluding hydrogens is 316 g/mol. The monoisotopic (exact) mass is 334 g/mol. The molecule has 0 saturated carbocycles. The summed E-state index contributed by atoms with van der Waals surface area (Å²) in [4.78, 5) is 37.1. The molecule has 0 bridgehead atoms. The van der Waals surface area contributed by atoms with Crippen LogP contribution in [0.3, 0.4) is 0 Å². The molecule has 0 spiro atoms. The molecule has 1 aliphatic rings. The van der Waals surface area contributed by atoms with Crippen molar-refractivity contribution in [1.82, 2.24) is 10.2 Å². The highest BCUT2D eigenvalue weighted by atomic mass is 32.2. The second-order valence-corrected chi connectivity index (χ2v) is 6.10. The lowest BCUT2D eigenvalue weighted by Gasteiger charge is -2.12. The Kier molecular flexibility index (Phi) is 5.95. The van der Waals surface area contributed by atoms with E-state index >= 15 is 0 Å². The molecule has 23 heavy (non-hydrogen) atoms. The molecule has 1 aliphatic heterocycles. The first kappa shape index (κ1) is 17.2. The number of imide groups is 1. The van der Waals surface area contributed by atoms with Gasteiger partial charge in [0.25, 0.3) is 11.1 Å². The Labute approximate surface area is 138 Å². The lowest BCUT2D eigenvalue weighted by molar-refractivity contribution is -0.129. The number of carbonyl (C=O) groups excluding carboxylic acids is 3. The third kappa shape index (κ3) is 4.67. The van der Waals surface area contributed by atoms with Crippen molar-refractivity contribution < 1.29 is 19.5 Å². The van der Waals surface area contributed by atoms with Crippen molar-refractivity contribution in [2.75, 3.05) is 19.7 Å². The summed E-state index contributed by atoms with van der Waals surface area (Å²) in [5.74, 6) is -0.879. The first-order valence-electron chi connectivity index (χ1n) is 7.21. The van der Waals surface area contributed by atoms with Crippen LogP contribution in [0, 0.1) is 6.92 Å². The lowest BCUT2D eigenvalue weighted by Crippen LogP contribution is -2.39. The predicted octanol–water partition coefficient (Wildman–Crippen LogP) is 1.53. The third-order valence-corrected chi connectivity index (χ3v) is 4.11. The van der Waals surface area contributed by atoms with Gasteiger partial charge in [-0.25, -0.2) is 0 Å². The fraction of sp³-hybridized carbons (Fsp3) is 0.312. The van der Waals surface area contributed by atoms with Crippen LogP contribution >= 0.6 is 11.8 Å². The molecule has 3 amide bonds. The number of nitrogens with zero attached hydrogens (tertiary/aromatic N) is 1. The van der Waals surface area contributed by atoms with Crippen molar-refractivity contribution in [3.63, 3.8) is 0 Å². The summed E-state index contributed by atoms with van der Waals surface area (Å²) in [6, 6.07) is 7.57. The number of aliphatic hydroxyl groups is 1. The van der Waals surface area contributed by atoms with E-state index in [-0.39, 0.29) is 13.2 Å². The Morgan fingerprint density at radius 3 is 2.65 bits per heavy atom. The van der Waals surface area contributed by atoms with Gasteiger partial charge in [0.05, 0.1) is 4.91 Å². The highest BCUT2D eigenvalue weighted by molar-refractivity contribution is 8.18. The minimum Gasteiger partial charge on any atom is -0.396 e. The smallest absolute Gasteiger partial charge is 0.294 e. The first-order valence-corrected chi connectivity index (χ1v) is 8.02. The first-order chi connectivity index (χ1) is 11.0. The molecule has 0 aromatic heterocycles. The number of hydrogen-bond donors (Lipinski definition) is 2. The Balaban J connectivity index is 2.02. The van der Waals surface area contributed by atoms with Crippen molar-refractivity contribution in [3.8, 4) is 0 Å². The minimum atomic E-state index is -0.460. The summed E-state index contributed by atoms with van der Waals surface area (Å²) < 4.78 is 0. The average Bonchev–Trinajstić information content (AvgIpc) is 2.77. The summed E-state index contributed by atoms with van der Waals surface area (Å²) in [6.07, 6.45) is 2.08. The standard InChI is InChI=1S/C16H18N2O4S/c1-11-3-5-12(6-4-11)9-13-15(21)18(16(22)23-13)10-14(20)17-7-2-8-19/h3-6,9,19H,2,7-8,10H2,1H3,(H,17,20)/b13-9-. The van der Waals surface area contributed by atoms with E-state index < -0.39 is 17.1 Å². The summed E-state index contributed by atoms with van der Waals surface area (Å²) in [7, 11) is 0. The topological polar surface area (TPSA) is 86.7 Å². The van der Waals surface area contributed by atoms with E-state index in [0.717, 1.165) is 27.8 Å². The van der Waals surface area contributed by atoms with Crippen LogP contribution in [0.1, 0.15) is 17.5 Å². The molecule has 1 aromatic rings. The van der Waals surface area contributed by atoms with Crippen molar-refractivity contribution in [3.05, 3.63) is 40.3 Å². The van der Waals surface area contributed by atoms with Crippen LogP contribution in [0.15, 0.2) is 29.2 Å². The van der Waals surface area contributed by atoms with Gasteiger partial charge < -0.3 is 10.4 Å². The number of aliphatic hydroxyl groups excluding tert-OH is 1. The number of thioether (sulfide) groups is 1. The number of rotatable bonds is 6. The summed E-state index contributed by atoms with van der Waals surface area (Å²) in [6.45, 7) is 1.94. The summed E-state index contributed by atoms with van der Waals surface area (Å²) in [5, 5.41) is 10.8.